The van der Waals surface area contributed by atoms with Crippen molar-refractivity contribution in [3.8, 4) is 0 Å². The van der Waals surface area contributed by atoms with Crippen LogP contribution < -0.4 is 10.6 Å². The van der Waals surface area contributed by atoms with Crippen LogP contribution in [0.3, 0.4) is 0 Å². The van der Waals surface area contributed by atoms with E-state index in [2.05, 4.69) is 34.4 Å². The zero-order valence-electron chi connectivity index (χ0n) is 14.9. The molecule has 128 valence electrons. The predicted molar refractivity (Wildman–Crippen MR) is 102 cm³/mol. The summed E-state index contributed by atoms with van der Waals surface area (Å²) in [6.45, 7) is 8.07. The molecule has 25 heavy (non-hydrogen) atoms. The number of fused-ring (bicyclic) bond motifs is 1. The minimum atomic E-state index is -0.274. The summed E-state index contributed by atoms with van der Waals surface area (Å²) in [5.41, 5.74) is 6.00. The lowest BCUT2D eigenvalue weighted by molar-refractivity contribution is 0.262. The Kier molecular flexibility index (Phi) is 4.65. The first-order chi connectivity index (χ1) is 11.9. The van der Waals surface area contributed by atoms with Crippen LogP contribution in [-0.4, -0.2) is 16.0 Å². The van der Waals surface area contributed by atoms with Gasteiger partial charge in [0, 0.05) is 11.4 Å². The number of hydrogen-bond acceptors (Lipinski definition) is 3. The van der Waals surface area contributed by atoms with E-state index in [9.17, 15) is 4.79 Å². The van der Waals surface area contributed by atoms with E-state index in [0.717, 1.165) is 33.7 Å². The van der Waals surface area contributed by atoms with Gasteiger partial charge in [-0.2, -0.15) is 0 Å². The third-order valence-corrected chi connectivity index (χ3v) is 4.16. The van der Waals surface area contributed by atoms with E-state index in [1.54, 1.807) is 0 Å². The third-order valence-electron chi connectivity index (χ3n) is 4.16. The maximum atomic E-state index is 12.4. The van der Waals surface area contributed by atoms with Crippen molar-refractivity contribution in [2.24, 2.45) is 0 Å². The zero-order valence-corrected chi connectivity index (χ0v) is 14.9. The maximum Gasteiger partial charge on any atom is 0.323 e. The number of aryl methyl sites for hydroxylation is 2. The average molecular weight is 334 g/mol. The molecule has 0 unspecified atom stereocenters. The molecule has 3 rings (SSSR count). The fourth-order valence-corrected chi connectivity index (χ4v) is 2.71. The Balaban J connectivity index is 1.79. The number of rotatable bonds is 3. The molecule has 0 bridgehead atoms. The van der Waals surface area contributed by atoms with Crippen molar-refractivity contribution >= 4 is 28.4 Å². The first-order valence-electron chi connectivity index (χ1n) is 8.36. The van der Waals surface area contributed by atoms with Crippen LogP contribution in [0.1, 0.15) is 36.7 Å². The molecule has 1 heterocycles. The first kappa shape index (κ1) is 16.9. The van der Waals surface area contributed by atoms with E-state index in [-0.39, 0.29) is 6.03 Å². The zero-order chi connectivity index (χ0) is 18.0. The summed E-state index contributed by atoms with van der Waals surface area (Å²) in [7, 11) is 0. The van der Waals surface area contributed by atoms with Gasteiger partial charge >= 0.3 is 6.03 Å². The number of aromatic nitrogens is 2. The highest BCUT2D eigenvalue weighted by Gasteiger charge is 2.10. The van der Waals surface area contributed by atoms with Gasteiger partial charge in [-0.15, -0.1) is 0 Å². The Morgan fingerprint density at radius 1 is 0.920 bits per heavy atom. The van der Waals surface area contributed by atoms with Gasteiger partial charge in [0.25, 0.3) is 0 Å². The smallest absolute Gasteiger partial charge is 0.308 e. The molecular weight excluding hydrogens is 312 g/mol. The minimum Gasteiger partial charge on any atom is -0.308 e. The normalized spacial score (nSPS) is 10.9. The van der Waals surface area contributed by atoms with E-state index < -0.39 is 0 Å². The number of para-hydroxylation sites is 1. The van der Waals surface area contributed by atoms with E-state index in [1.807, 2.05) is 56.3 Å². The van der Waals surface area contributed by atoms with Crippen LogP contribution in [0.15, 0.2) is 42.5 Å². The molecule has 0 saturated heterocycles. The summed E-state index contributed by atoms with van der Waals surface area (Å²) < 4.78 is 0. The highest BCUT2D eigenvalue weighted by Crippen LogP contribution is 2.24. The molecule has 2 N–H and O–H groups in total. The number of amides is 2. The summed E-state index contributed by atoms with van der Waals surface area (Å²) >= 11 is 0. The van der Waals surface area contributed by atoms with Crippen molar-refractivity contribution in [2.75, 3.05) is 10.6 Å². The van der Waals surface area contributed by atoms with Gasteiger partial charge in [0.05, 0.1) is 22.4 Å². The molecule has 0 aliphatic rings. The van der Waals surface area contributed by atoms with Gasteiger partial charge < -0.3 is 10.6 Å². The van der Waals surface area contributed by atoms with Gasteiger partial charge in [-0.3, -0.25) is 0 Å². The summed E-state index contributed by atoms with van der Waals surface area (Å²) in [4.78, 5) is 21.4. The van der Waals surface area contributed by atoms with Crippen LogP contribution in [0.2, 0.25) is 0 Å². The number of benzene rings is 2. The van der Waals surface area contributed by atoms with Gasteiger partial charge in [-0.25, -0.2) is 14.8 Å². The first-order valence-corrected chi connectivity index (χ1v) is 8.36. The maximum absolute atomic E-state index is 12.4. The summed E-state index contributed by atoms with van der Waals surface area (Å²) in [6, 6.07) is 13.1. The van der Waals surface area contributed by atoms with Crippen molar-refractivity contribution in [1.29, 1.82) is 0 Å². The molecule has 0 aliphatic carbocycles. The van der Waals surface area contributed by atoms with Gasteiger partial charge in [0.15, 0.2) is 0 Å². The van der Waals surface area contributed by atoms with Crippen LogP contribution in [0, 0.1) is 13.8 Å². The molecule has 3 aromatic rings. The fourth-order valence-electron chi connectivity index (χ4n) is 2.71. The number of anilines is 2. The molecule has 0 spiro atoms. The standard InChI is InChI=1S/C20H22N4O/c1-12(2)16-7-5-6-8-17(16)24-20(25)23-15-9-10-18-19(11-15)22-14(4)13(3)21-18/h5-12H,1-4H3,(H2,23,24,25). The highest BCUT2D eigenvalue weighted by molar-refractivity contribution is 6.01. The monoisotopic (exact) mass is 334 g/mol. The van der Waals surface area contributed by atoms with Crippen LogP contribution in [-0.2, 0) is 0 Å². The highest BCUT2D eigenvalue weighted by atomic mass is 16.2. The molecule has 2 amide bonds. The topological polar surface area (TPSA) is 66.9 Å². The molecule has 1 aromatic heterocycles. The fraction of sp³-hybridized carbons (Fsp3) is 0.250. The molecule has 0 aliphatic heterocycles. The largest absolute Gasteiger partial charge is 0.323 e. The number of carbonyl (C=O) groups is 1. The van der Waals surface area contributed by atoms with Crippen LogP contribution in [0.4, 0.5) is 16.2 Å². The van der Waals surface area contributed by atoms with Crippen molar-refractivity contribution in [1.82, 2.24) is 9.97 Å². The van der Waals surface area contributed by atoms with Gasteiger partial charge in [0.1, 0.15) is 0 Å². The number of hydrogen-bond donors (Lipinski definition) is 2. The van der Waals surface area contributed by atoms with Crippen LogP contribution >= 0.6 is 0 Å². The van der Waals surface area contributed by atoms with E-state index in [1.165, 1.54) is 0 Å². The molecule has 5 nitrogen and oxygen atoms in total. The Bertz CT molecular complexity index is 934. The summed E-state index contributed by atoms with van der Waals surface area (Å²) in [5.74, 6) is 0.332. The molecule has 2 aromatic carbocycles. The van der Waals surface area contributed by atoms with Gasteiger partial charge in [-0.05, 0) is 49.6 Å². The lowest BCUT2D eigenvalue weighted by Crippen LogP contribution is -2.20. The van der Waals surface area contributed by atoms with E-state index in [0.29, 0.717) is 11.6 Å². The minimum absolute atomic E-state index is 0.274. The van der Waals surface area contributed by atoms with E-state index >= 15 is 0 Å². The lowest BCUT2D eigenvalue weighted by atomic mass is 10.0. The quantitative estimate of drug-likeness (QED) is 0.707. The molecule has 0 radical (unpaired) electrons. The number of carbonyl (C=O) groups excluding carboxylic acids is 1. The second-order valence-electron chi connectivity index (χ2n) is 6.42. The molecule has 0 fully saturated rings. The van der Waals surface area contributed by atoms with Gasteiger partial charge in [0.2, 0.25) is 0 Å². The molecule has 0 atom stereocenters. The third kappa shape index (κ3) is 3.76. The molecule has 5 heteroatoms. The van der Waals surface area contributed by atoms with Gasteiger partial charge in [-0.1, -0.05) is 32.0 Å². The van der Waals surface area contributed by atoms with Crippen LogP contribution in [0.5, 0.6) is 0 Å². The predicted octanol–water partition coefficient (Wildman–Crippen LogP) is 5.01. The SMILES string of the molecule is Cc1nc2ccc(NC(=O)Nc3ccccc3C(C)C)cc2nc1C. The second-order valence-corrected chi connectivity index (χ2v) is 6.42. The molecular formula is C20H22N4O. The van der Waals surface area contributed by atoms with Crippen molar-refractivity contribution in [3.05, 3.63) is 59.4 Å². The Morgan fingerprint density at radius 3 is 2.32 bits per heavy atom. The Labute approximate surface area is 147 Å². The molecule has 0 saturated carbocycles. The van der Waals surface area contributed by atoms with Crippen LogP contribution in [0.25, 0.3) is 11.0 Å². The Morgan fingerprint density at radius 2 is 1.60 bits per heavy atom. The summed E-state index contributed by atoms with van der Waals surface area (Å²) in [6.07, 6.45) is 0. The number of nitrogens with one attached hydrogen (secondary N) is 2. The average Bonchev–Trinajstić information content (AvgIpc) is 2.56. The van der Waals surface area contributed by atoms with Crippen molar-refractivity contribution in [2.45, 2.75) is 33.6 Å². The Hall–Kier alpha value is -2.95. The second kappa shape index (κ2) is 6.89. The number of nitrogens with zero attached hydrogens (tertiary/aromatic N) is 2. The lowest BCUT2D eigenvalue weighted by Gasteiger charge is -2.14. The number of urea groups is 1. The van der Waals surface area contributed by atoms with E-state index in [4.69, 9.17) is 0 Å². The summed E-state index contributed by atoms with van der Waals surface area (Å²) in [5, 5.41) is 5.79. The van der Waals surface area contributed by atoms with Crippen molar-refractivity contribution in [3.63, 3.8) is 0 Å². The van der Waals surface area contributed by atoms with Crippen molar-refractivity contribution < 1.29 is 4.79 Å².